The third kappa shape index (κ3) is 1.79. The van der Waals surface area contributed by atoms with Gasteiger partial charge in [0.25, 0.3) is 0 Å². The van der Waals surface area contributed by atoms with E-state index in [0.29, 0.717) is 0 Å². The highest BCUT2D eigenvalue weighted by atomic mass is 16.5. The van der Waals surface area contributed by atoms with Crippen LogP contribution in [0.5, 0.6) is 0 Å². The van der Waals surface area contributed by atoms with Crippen molar-refractivity contribution < 1.29 is 14.3 Å². The first-order valence-electron chi connectivity index (χ1n) is 4.75. The highest BCUT2D eigenvalue weighted by Crippen LogP contribution is 2.17. The van der Waals surface area contributed by atoms with Gasteiger partial charge in [-0.15, -0.1) is 0 Å². The summed E-state index contributed by atoms with van der Waals surface area (Å²) in [5.41, 5.74) is 0.626. The van der Waals surface area contributed by atoms with E-state index in [1.807, 2.05) is 30.3 Å². The molecule has 0 aromatic heterocycles. The summed E-state index contributed by atoms with van der Waals surface area (Å²) >= 11 is 0. The molecule has 1 aromatic rings. The molecule has 1 aromatic carbocycles. The molecule has 16 heavy (non-hydrogen) atoms. The molecule has 0 amide bonds. The van der Waals surface area contributed by atoms with E-state index < -0.39 is 5.97 Å². The second-order valence-electron chi connectivity index (χ2n) is 3.26. The van der Waals surface area contributed by atoms with Gasteiger partial charge in [0.1, 0.15) is 6.54 Å². The van der Waals surface area contributed by atoms with Crippen LogP contribution in [0.2, 0.25) is 0 Å². The zero-order valence-corrected chi connectivity index (χ0v) is 8.71. The SMILES string of the molecule is COC(=O)C1=NN(c2ccccc2)CC1=O. The standard InChI is InChI=1S/C11H10N2O3/c1-16-11(15)10-9(14)7-13(12-10)8-5-3-2-4-6-8/h2-6H,7H2,1H3. The number of esters is 1. The lowest BCUT2D eigenvalue weighted by Gasteiger charge is -2.11. The minimum Gasteiger partial charge on any atom is -0.464 e. The Kier molecular flexibility index (Phi) is 2.68. The van der Waals surface area contributed by atoms with E-state index in [0.717, 1.165) is 5.69 Å². The molecule has 5 nitrogen and oxygen atoms in total. The first-order chi connectivity index (χ1) is 7.72. The van der Waals surface area contributed by atoms with E-state index in [-0.39, 0.29) is 18.0 Å². The number of carbonyl (C=O) groups excluding carboxylic acids is 2. The molecule has 1 heterocycles. The van der Waals surface area contributed by atoms with Crippen molar-refractivity contribution in [1.82, 2.24) is 0 Å². The lowest BCUT2D eigenvalue weighted by molar-refractivity contribution is -0.133. The highest BCUT2D eigenvalue weighted by molar-refractivity contribution is 6.66. The number of hydrazone groups is 1. The average Bonchev–Trinajstić information content (AvgIpc) is 2.71. The second kappa shape index (κ2) is 4.14. The van der Waals surface area contributed by atoms with Crippen LogP contribution in [-0.2, 0) is 14.3 Å². The van der Waals surface area contributed by atoms with Gasteiger partial charge >= 0.3 is 5.97 Å². The van der Waals surface area contributed by atoms with Gasteiger partial charge in [0.2, 0.25) is 11.5 Å². The molecule has 0 aliphatic carbocycles. The molecule has 0 saturated heterocycles. The van der Waals surface area contributed by atoms with Crippen LogP contribution >= 0.6 is 0 Å². The largest absolute Gasteiger partial charge is 0.464 e. The van der Waals surface area contributed by atoms with E-state index >= 15 is 0 Å². The number of methoxy groups -OCH3 is 1. The van der Waals surface area contributed by atoms with Gasteiger partial charge in [0.05, 0.1) is 12.8 Å². The number of hydrogen-bond acceptors (Lipinski definition) is 5. The predicted octanol–water partition coefficient (Wildman–Crippen LogP) is 0.605. The number of hydrogen-bond donors (Lipinski definition) is 0. The molecule has 0 radical (unpaired) electrons. The topological polar surface area (TPSA) is 59.0 Å². The van der Waals surface area contributed by atoms with Gasteiger partial charge in [-0.05, 0) is 12.1 Å². The van der Waals surface area contributed by atoms with Gasteiger partial charge in [-0.3, -0.25) is 9.80 Å². The van der Waals surface area contributed by atoms with Crippen molar-refractivity contribution in [3.63, 3.8) is 0 Å². The summed E-state index contributed by atoms with van der Waals surface area (Å²) in [5, 5.41) is 5.42. The summed E-state index contributed by atoms with van der Waals surface area (Å²) in [4.78, 5) is 22.7. The highest BCUT2D eigenvalue weighted by Gasteiger charge is 2.30. The van der Waals surface area contributed by atoms with Crippen LogP contribution < -0.4 is 5.01 Å². The van der Waals surface area contributed by atoms with Gasteiger partial charge in [0, 0.05) is 0 Å². The van der Waals surface area contributed by atoms with Crippen molar-refractivity contribution in [2.24, 2.45) is 5.10 Å². The fraction of sp³-hybridized carbons (Fsp3) is 0.182. The van der Waals surface area contributed by atoms with E-state index in [9.17, 15) is 9.59 Å². The molecular formula is C11H10N2O3. The zero-order valence-electron chi connectivity index (χ0n) is 8.71. The van der Waals surface area contributed by atoms with E-state index in [1.54, 1.807) is 0 Å². The molecule has 0 unspecified atom stereocenters. The number of carbonyl (C=O) groups is 2. The van der Waals surface area contributed by atoms with Gasteiger partial charge in [-0.25, -0.2) is 4.79 Å². The minimum atomic E-state index is -0.691. The molecule has 1 aliphatic heterocycles. The Bertz CT molecular complexity index is 454. The Hall–Kier alpha value is -2.17. The molecule has 0 fully saturated rings. The Morgan fingerprint density at radius 2 is 2.06 bits per heavy atom. The maximum absolute atomic E-state index is 11.5. The van der Waals surface area contributed by atoms with E-state index in [1.165, 1.54) is 12.1 Å². The molecule has 0 bridgehead atoms. The van der Waals surface area contributed by atoms with E-state index in [4.69, 9.17) is 0 Å². The number of rotatable bonds is 2. The van der Waals surface area contributed by atoms with Gasteiger partial charge in [-0.2, -0.15) is 5.10 Å². The minimum absolute atomic E-state index is 0.0778. The molecule has 2 rings (SSSR count). The summed E-state index contributed by atoms with van der Waals surface area (Å²) in [6.07, 6.45) is 0. The van der Waals surface area contributed by atoms with Gasteiger partial charge in [-0.1, -0.05) is 18.2 Å². The second-order valence-corrected chi connectivity index (χ2v) is 3.26. The molecule has 0 N–H and O–H groups in total. The summed E-state index contributed by atoms with van der Waals surface area (Å²) in [6.45, 7) is 0.0778. The molecule has 5 heteroatoms. The molecular weight excluding hydrogens is 208 g/mol. The zero-order chi connectivity index (χ0) is 11.5. The lowest BCUT2D eigenvalue weighted by atomic mass is 10.2. The van der Waals surface area contributed by atoms with Crippen molar-refractivity contribution in [1.29, 1.82) is 0 Å². The summed E-state index contributed by atoms with van der Waals surface area (Å²) in [6, 6.07) is 9.18. The Morgan fingerprint density at radius 1 is 1.38 bits per heavy atom. The fourth-order valence-electron chi connectivity index (χ4n) is 1.42. The van der Waals surface area contributed by atoms with Crippen LogP contribution in [0.1, 0.15) is 0 Å². The maximum atomic E-state index is 11.5. The molecule has 0 spiro atoms. The monoisotopic (exact) mass is 218 g/mol. The van der Waals surface area contributed by atoms with E-state index in [2.05, 4.69) is 9.84 Å². The Balaban J connectivity index is 2.26. The van der Waals surface area contributed by atoms with Crippen molar-refractivity contribution in [2.45, 2.75) is 0 Å². The summed E-state index contributed by atoms with van der Waals surface area (Å²) in [7, 11) is 1.23. The molecule has 1 aliphatic rings. The van der Waals surface area contributed by atoms with Crippen LogP contribution in [0.15, 0.2) is 35.4 Å². The van der Waals surface area contributed by atoms with Gasteiger partial charge in [0.15, 0.2) is 0 Å². The van der Waals surface area contributed by atoms with Crippen LogP contribution in [-0.4, -0.2) is 31.1 Å². The number of nitrogens with zero attached hydrogens (tertiary/aromatic N) is 2. The van der Waals surface area contributed by atoms with Crippen molar-refractivity contribution in [3.8, 4) is 0 Å². The predicted molar refractivity (Wildman–Crippen MR) is 58.2 cm³/mol. The van der Waals surface area contributed by atoms with Crippen molar-refractivity contribution >= 4 is 23.2 Å². The lowest BCUT2D eigenvalue weighted by Crippen LogP contribution is -2.24. The molecule has 0 atom stereocenters. The quantitative estimate of drug-likeness (QED) is 0.682. The van der Waals surface area contributed by atoms with Crippen molar-refractivity contribution in [3.05, 3.63) is 30.3 Å². The van der Waals surface area contributed by atoms with Crippen LogP contribution in [0.4, 0.5) is 5.69 Å². The van der Waals surface area contributed by atoms with Crippen LogP contribution in [0, 0.1) is 0 Å². The Morgan fingerprint density at radius 3 is 2.69 bits per heavy atom. The third-order valence-corrected chi connectivity index (χ3v) is 2.21. The fourth-order valence-corrected chi connectivity index (χ4v) is 1.42. The van der Waals surface area contributed by atoms with Crippen molar-refractivity contribution in [2.75, 3.05) is 18.7 Å². The summed E-state index contributed by atoms with van der Waals surface area (Å²) < 4.78 is 4.47. The van der Waals surface area contributed by atoms with Gasteiger partial charge < -0.3 is 4.74 Å². The van der Waals surface area contributed by atoms with Crippen LogP contribution in [0.25, 0.3) is 0 Å². The molecule has 0 saturated carbocycles. The number of ether oxygens (including phenoxy) is 1. The third-order valence-electron chi connectivity index (χ3n) is 2.21. The smallest absolute Gasteiger partial charge is 0.362 e. The number of Topliss-reactive ketones (excluding diaryl/α,β-unsaturated/α-hetero) is 1. The number of para-hydroxylation sites is 1. The Labute approximate surface area is 92.3 Å². The number of anilines is 1. The first-order valence-corrected chi connectivity index (χ1v) is 4.75. The first kappa shape index (κ1) is 10.4. The number of benzene rings is 1. The van der Waals surface area contributed by atoms with Crippen LogP contribution in [0.3, 0.4) is 0 Å². The normalized spacial score (nSPS) is 14.9. The molecule has 82 valence electrons. The average molecular weight is 218 g/mol. The number of ketones is 1. The maximum Gasteiger partial charge on any atom is 0.362 e. The summed E-state index contributed by atoms with van der Waals surface area (Å²) in [5.74, 6) is -1.01.